The Morgan fingerprint density at radius 3 is 2.22 bits per heavy atom. The van der Waals surface area contributed by atoms with E-state index in [-0.39, 0.29) is 21.3 Å². The first kappa shape index (κ1) is 18.1. The number of sulfonamides is 2. The SMILES string of the molecule is CS(=O)(=O)Nc1ccc(NS(=O)(=O)c2ccccc2Br)cc1Cl. The number of hydrogen-bond acceptors (Lipinski definition) is 4. The van der Waals surface area contributed by atoms with Gasteiger partial charge in [0.2, 0.25) is 10.0 Å². The summed E-state index contributed by atoms with van der Waals surface area (Å²) in [6, 6.07) is 10.5. The largest absolute Gasteiger partial charge is 0.282 e. The molecule has 124 valence electrons. The van der Waals surface area contributed by atoms with E-state index >= 15 is 0 Å². The van der Waals surface area contributed by atoms with Gasteiger partial charge in [0.15, 0.2) is 0 Å². The van der Waals surface area contributed by atoms with E-state index in [4.69, 9.17) is 11.6 Å². The topological polar surface area (TPSA) is 92.3 Å². The lowest BCUT2D eigenvalue weighted by molar-refractivity contribution is 0.600. The van der Waals surface area contributed by atoms with E-state index in [0.29, 0.717) is 4.47 Å². The van der Waals surface area contributed by atoms with Gasteiger partial charge in [-0.3, -0.25) is 9.44 Å². The zero-order valence-electron chi connectivity index (χ0n) is 11.7. The van der Waals surface area contributed by atoms with Crippen molar-refractivity contribution in [1.82, 2.24) is 0 Å². The molecule has 2 aromatic carbocycles. The van der Waals surface area contributed by atoms with Gasteiger partial charge in [0.25, 0.3) is 10.0 Å². The van der Waals surface area contributed by atoms with Crippen LogP contribution in [0.1, 0.15) is 0 Å². The molecule has 0 saturated carbocycles. The molecule has 2 N–H and O–H groups in total. The number of anilines is 2. The van der Waals surface area contributed by atoms with E-state index in [2.05, 4.69) is 25.4 Å². The van der Waals surface area contributed by atoms with Crippen LogP contribution >= 0.6 is 27.5 Å². The smallest absolute Gasteiger partial charge is 0.263 e. The van der Waals surface area contributed by atoms with Crippen LogP contribution in [0.15, 0.2) is 51.8 Å². The van der Waals surface area contributed by atoms with E-state index in [0.717, 1.165) is 6.26 Å². The second-order valence-corrected chi connectivity index (χ2v) is 9.27. The zero-order valence-corrected chi connectivity index (χ0v) is 15.7. The van der Waals surface area contributed by atoms with Crippen molar-refractivity contribution in [3.63, 3.8) is 0 Å². The Bertz CT molecular complexity index is 946. The molecule has 2 rings (SSSR count). The lowest BCUT2D eigenvalue weighted by Crippen LogP contribution is -2.14. The second-order valence-electron chi connectivity index (χ2n) is 4.60. The Hall–Kier alpha value is -1.29. The van der Waals surface area contributed by atoms with Gasteiger partial charge in [-0.2, -0.15) is 0 Å². The van der Waals surface area contributed by atoms with E-state index in [1.54, 1.807) is 18.2 Å². The maximum atomic E-state index is 12.4. The number of halogens is 2. The highest BCUT2D eigenvalue weighted by Crippen LogP contribution is 2.29. The van der Waals surface area contributed by atoms with Crippen molar-refractivity contribution < 1.29 is 16.8 Å². The first-order chi connectivity index (χ1) is 10.6. The molecule has 0 aliphatic heterocycles. The number of benzene rings is 2. The summed E-state index contributed by atoms with van der Waals surface area (Å²) in [6.45, 7) is 0. The minimum absolute atomic E-state index is 0.0720. The van der Waals surface area contributed by atoms with Crippen LogP contribution in [-0.2, 0) is 20.0 Å². The summed E-state index contributed by atoms with van der Waals surface area (Å²) in [5.41, 5.74) is 0.378. The summed E-state index contributed by atoms with van der Waals surface area (Å²) >= 11 is 9.15. The van der Waals surface area contributed by atoms with E-state index in [1.807, 2.05) is 0 Å². The molecule has 0 aromatic heterocycles. The fourth-order valence-electron chi connectivity index (χ4n) is 1.73. The standard InChI is InChI=1S/C13H12BrClN2O4S2/c1-22(18,19)17-12-7-6-9(8-11(12)15)16-23(20,21)13-5-3-2-4-10(13)14/h2-8,16-17H,1H3. The molecule has 0 radical (unpaired) electrons. The van der Waals surface area contributed by atoms with Gasteiger partial charge in [-0.05, 0) is 46.3 Å². The quantitative estimate of drug-likeness (QED) is 0.748. The van der Waals surface area contributed by atoms with Crippen molar-refractivity contribution in [2.45, 2.75) is 4.90 Å². The summed E-state index contributed by atoms with van der Waals surface area (Å²) in [5.74, 6) is 0. The zero-order chi connectivity index (χ0) is 17.3. The van der Waals surface area contributed by atoms with Crippen molar-refractivity contribution >= 4 is 59.0 Å². The van der Waals surface area contributed by atoms with E-state index < -0.39 is 20.0 Å². The fraction of sp³-hybridized carbons (Fsp3) is 0.0769. The minimum atomic E-state index is -3.80. The van der Waals surface area contributed by atoms with Crippen molar-refractivity contribution in [2.24, 2.45) is 0 Å². The Kier molecular flexibility index (Phi) is 5.24. The van der Waals surface area contributed by atoms with Crippen LogP contribution in [0.5, 0.6) is 0 Å². The molecule has 0 aliphatic rings. The van der Waals surface area contributed by atoms with Crippen LogP contribution < -0.4 is 9.44 Å². The summed E-state index contributed by atoms with van der Waals surface area (Å²) in [6.07, 6.45) is 0.993. The molecule has 10 heteroatoms. The van der Waals surface area contributed by atoms with E-state index in [9.17, 15) is 16.8 Å². The Morgan fingerprint density at radius 1 is 1.00 bits per heavy atom. The highest BCUT2D eigenvalue weighted by atomic mass is 79.9. The normalized spacial score (nSPS) is 12.0. The molecule has 0 spiro atoms. The third kappa shape index (κ3) is 4.84. The van der Waals surface area contributed by atoms with Crippen molar-refractivity contribution in [3.05, 3.63) is 52.0 Å². The molecule has 6 nitrogen and oxygen atoms in total. The second kappa shape index (κ2) is 6.68. The minimum Gasteiger partial charge on any atom is -0.282 e. The summed E-state index contributed by atoms with van der Waals surface area (Å²) < 4.78 is 52.2. The Labute approximate surface area is 148 Å². The molecule has 0 saturated heterocycles. The molecule has 0 atom stereocenters. The van der Waals surface area contributed by atoms with Crippen LogP contribution in [0.25, 0.3) is 0 Å². The predicted octanol–water partition coefficient (Wildman–Crippen LogP) is 3.27. The molecule has 0 bridgehead atoms. The van der Waals surface area contributed by atoms with Gasteiger partial charge < -0.3 is 0 Å². The molecule has 0 heterocycles. The maximum Gasteiger partial charge on any atom is 0.263 e. The first-order valence-corrected chi connectivity index (χ1v) is 10.7. The molecule has 0 amide bonds. The van der Waals surface area contributed by atoms with Crippen LogP contribution in [0, 0.1) is 0 Å². The monoisotopic (exact) mass is 438 g/mol. The molecule has 0 unspecified atom stereocenters. The van der Waals surface area contributed by atoms with Crippen LogP contribution in [0.4, 0.5) is 11.4 Å². The van der Waals surface area contributed by atoms with Gasteiger partial charge in [0.1, 0.15) is 4.90 Å². The average molecular weight is 440 g/mol. The van der Waals surface area contributed by atoms with Crippen molar-refractivity contribution in [3.8, 4) is 0 Å². The Morgan fingerprint density at radius 2 is 1.65 bits per heavy atom. The highest BCUT2D eigenvalue weighted by Gasteiger charge is 2.18. The molecule has 23 heavy (non-hydrogen) atoms. The number of nitrogens with one attached hydrogen (secondary N) is 2. The average Bonchev–Trinajstić information content (AvgIpc) is 2.40. The highest BCUT2D eigenvalue weighted by molar-refractivity contribution is 9.10. The molecular formula is C13H12BrClN2O4S2. The van der Waals surface area contributed by atoms with Crippen LogP contribution in [0.2, 0.25) is 5.02 Å². The van der Waals surface area contributed by atoms with Crippen molar-refractivity contribution in [2.75, 3.05) is 15.7 Å². The first-order valence-electron chi connectivity index (χ1n) is 6.13. The predicted molar refractivity (Wildman–Crippen MR) is 94.9 cm³/mol. The van der Waals surface area contributed by atoms with Gasteiger partial charge in [0, 0.05) is 4.47 Å². The van der Waals surface area contributed by atoms with Crippen molar-refractivity contribution in [1.29, 1.82) is 0 Å². The fourth-order valence-corrected chi connectivity index (χ4v) is 4.65. The summed E-state index contributed by atoms with van der Waals surface area (Å²) in [5, 5.41) is 0.0720. The number of hydrogen-bond donors (Lipinski definition) is 2. The maximum absolute atomic E-state index is 12.4. The molecule has 2 aromatic rings. The third-order valence-electron chi connectivity index (χ3n) is 2.64. The summed E-state index contributed by atoms with van der Waals surface area (Å²) in [4.78, 5) is 0.0782. The Balaban J connectivity index is 2.31. The summed E-state index contributed by atoms with van der Waals surface area (Å²) in [7, 11) is -7.28. The molecular weight excluding hydrogens is 428 g/mol. The van der Waals surface area contributed by atoms with Gasteiger partial charge >= 0.3 is 0 Å². The lowest BCUT2D eigenvalue weighted by Gasteiger charge is -2.12. The molecule has 0 fully saturated rings. The number of rotatable bonds is 5. The van der Waals surface area contributed by atoms with Gasteiger partial charge in [-0.15, -0.1) is 0 Å². The third-order valence-corrected chi connectivity index (χ3v) is 5.94. The van der Waals surface area contributed by atoms with Gasteiger partial charge in [-0.25, -0.2) is 16.8 Å². The van der Waals surface area contributed by atoms with Crippen LogP contribution in [0.3, 0.4) is 0 Å². The lowest BCUT2D eigenvalue weighted by atomic mass is 10.3. The molecule has 0 aliphatic carbocycles. The van der Waals surface area contributed by atoms with Gasteiger partial charge in [-0.1, -0.05) is 23.7 Å². The van der Waals surface area contributed by atoms with Gasteiger partial charge in [0.05, 0.1) is 22.7 Å². The van der Waals surface area contributed by atoms with E-state index in [1.165, 1.54) is 24.3 Å². The van der Waals surface area contributed by atoms with Crippen LogP contribution in [-0.4, -0.2) is 23.1 Å².